The van der Waals surface area contributed by atoms with Gasteiger partial charge in [0.05, 0.1) is 0 Å². The summed E-state index contributed by atoms with van der Waals surface area (Å²) in [6.45, 7) is 9.67. The van der Waals surface area contributed by atoms with Gasteiger partial charge in [-0.2, -0.15) is 0 Å². The van der Waals surface area contributed by atoms with Crippen LogP contribution in [0, 0.1) is 5.41 Å². The maximum Gasteiger partial charge on any atom is 0.0405 e. The molecule has 2 nitrogen and oxygen atoms in total. The van der Waals surface area contributed by atoms with Crippen LogP contribution in [0.3, 0.4) is 0 Å². The van der Waals surface area contributed by atoms with Crippen LogP contribution in [-0.4, -0.2) is 25.5 Å². The maximum atomic E-state index is 5.96. The van der Waals surface area contributed by atoms with Gasteiger partial charge in [-0.15, -0.1) is 0 Å². The monoisotopic (exact) mass is 262 g/mol. The van der Waals surface area contributed by atoms with E-state index < -0.39 is 0 Å². The zero-order valence-electron chi connectivity index (χ0n) is 13.4. The molecule has 108 valence electrons. The van der Waals surface area contributed by atoms with E-state index in [9.17, 15) is 0 Å². The Balaban J connectivity index is 3.05. The van der Waals surface area contributed by atoms with Crippen LogP contribution in [0.4, 0.5) is 0 Å². The fourth-order valence-electron chi connectivity index (χ4n) is 2.80. The first-order valence-electron chi connectivity index (χ1n) is 7.29. The third kappa shape index (κ3) is 3.80. The molecule has 0 radical (unpaired) electrons. The average Bonchev–Trinajstić information content (AvgIpc) is 2.38. The van der Waals surface area contributed by atoms with Crippen molar-refractivity contribution in [3.05, 3.63) is 35.4 Å². The molecule has 0 aliphatic rings. The predicted octanol–water partition coefficient (Wildman–Crippen LogP) is 3.79. The van der Waals surface area contributed by atoms with Crippen LogP contribution in [-0.2, 0) is 0 Å². The third-order valence-corrected chi connectivity index (χ3v) is 4.22. The van der Waals surface area contributed by atoms with Crippen LogP contribution in [0.1, 0.15) is 57.2 Å². The second-order valence-electron chi connectivity index (χ2n) is 6.53. The summed E-state index contributed by atoms with van der Waals surface area (Å²) in [6.07, 6.45) is 1.19. The Bertz CT molecular complexity index is 379. The van der Waals surface area contributed by atoms with Gasteiger partial charge in [0.25, 0.3) is 0 Å². The second kappa shape index (κ2) is 6.53. The first-order valence-corrected chi connectivity index (χ1v) is 7.29. The summed E-state index contributed by atoms with van der Waals surface area (Å²) >= 11 is 0. The molecule has 1 aromatic rings. The van der Waals surface area contributed by atoms with Crippen LogP contribution in [0.25, 0.3) is 0 Å². The second-order valence-corrected chi connectivity index (χ2v) is 6.53. The van der Waals surface area contributed by atoms with Crippen LogP contribution in [0.5, 0.6) is 0 Å². The van der Waals surface area contributed by atoms with Gasteiger partial charge in [0.1, 0.15) is 0 Å². The molecule has 0 spiro atoms. The normalized spacial score (nSPS) is 15.6. The van der Waals surface area contributed by atoms with E-state index >= 15 is 0 Å². The summed E-state index contributed by atoms with van der Waals surface area (Å²) < 4.78 is 0. The van der Waals surface area contributed by atoms with Gasteiger partial charge in [0, 0.05) is 6.04 Å². The van der Waals surface area contributed by atoms with Crippen LogP contribution in [0.15, 0.2) is 24.3 Å². The van der Waals surface area contributed by atoms with Gasteiger partial charge in [-0.25, -0.2) is 0 Å². The Kier molecular flexibility index (Phi) is 5.57. The molecule has 0 saturated carbocycles. The Labute approximate surface area is 119 Å². The molecule has 0 fully saturated rings. The summed E-state index contributed by atoms with van der Waals surface area (Å²) in [4.78, 5) is 2.27. The van der Waals surface area contributed by atoms with Gasteiger partial charge in [-0.05, 0) is 49.5 Å². The van der Waals surface area contributed by atoms with Crippen molar-refractivity contribution in [1.82, 2.24) is 4.90 Å². The molecule has 2 heteroatoms. The van der Waals surface area contributed by atoms with E-state index in [4.69, 9.17) is 5.73 Å². The minimum absolute atomic E-state index is 0.0708. The lowest BCUT2D eigenvalue weighted by Crippen LogP contribution is -2.38. The molecule has 0 bridgehead atoms. The maximum absolute atomic E-state index is 5.96. The van der Waals surface area contributed by atoms with Crippen LogP contribution >= 0.6 is 0 Å². The lowest BCUT2D eigenvalue weighted by molar-refractivity contribution is 0.143. The molecule has 0 aliphatic carbocycles. The standard InChI is InChI=1S/C17H30N2/c1-7-13(2)14-8-10-15(11-9-14)16(19(5)6)17(3,4)12-18/h8-11,13,16H,7,12,18H2,1-6H3. The molecular formula is C17H30N2. The van der Waals surface area contributed by atoms with Gasteiger partial charge in [-0.1, -0.05) is 52.0 Å². The van der Waals surface area contributed by atoms with Crippen molar-refractivity contribution in [3.63, 3.8) is 0 Å². The molecule has 0 aliphatic heterocycles. The quantitative estimate of drug-likeness (QED) is 0.845. The van der Waals surface area contributed by atoms with Crippen LogP contribution < -0.4 is 5.73 Å². The fraction of sp³-hybridized carbons (Fsp3) is 0.647. The molecule has 19 heavy (non-hydrogen) atoms. The van der Waals surface area contributed by atoms with E-state index in [0.29, 0.717) is 18.5 Å². The molecule has 2 atom stereocenters. The van der Waals surface area contributed by atoms with Gasteiger partial charge < -0.3 is 10.6 Å². The topological polar surface area (TPSA) is 29.3 Å². The first-order chi connectivity index (χ1) is 8.83. The van der Waals surface area contributed by atoms with Gasteiger partial charge in [0.15, 0.2) is 0 Å². The number of nitrogens with two attached hydrogens (primary N) is 1. The lowest BCUT2D eigenvalue weighted by Gasteiger charge is -2.38. The van der Waals surface area contributed by atoms with Crippen molar-refractivity contribution in [2.75, 3.05) is 20.6 Å². The van der Waals surface area contributed by atoms with E-state index in [2.05, 4.69) is 71.0 Å². The highest BCUT2D eigenvalue weighted by Gasteiger charge is 2.31. The highest BCUT2D eigenvalue weighted by Crippen LogP contribution is 2.36. The Morgan fingerprint density at radius 1 is 1.11 bits per heavy atom. The highest BCUT2D eigenvalue weighted by molar-refractivity contribution is 5.28. The van der Waals surface area contributed by atoms with E-state index in [-0.39, 0.29) is 5.41 Å². The minimum atomic E-state index is 0.0708. The van der Waals surface area contributed by atoms with Gasteiger partial charge >= 0.3 is 0 Å². The number of benzene rings is 1. The molecular weight excluding hydrogens is 232 g/mol. The van der Waals surface area contributed by atoms with Crippen molar-refractivity contribution < 1.29 is 0 Å². The van der Waals surface area contributed by atoms with E-state index in [1.165, 1.54) is 17.5 Å². The van der Waals surface area contributed by atoms with Crippen LogP contribution in [0.2, 0.25) is 0 Å². The van der Waals surface area contributed by atoms with Gasteiger partial charge in [-0.3, -0.25) is 0 Å². The predicted molar refractivity (Wildman–Crippen MR) is 84.4 cm³/mol. The van der Waals surface area contributed by atoms with Crippen molar-refractivity contribution in [2.24, 2.45) is 11.1 Å². The number of hydrogen-bond acceptors (Lipinski definition) is 2. The molecule has 1 aromatic carbocycles. The van der Waals surface area contributed by atoms with Crippen molar-refractivity contribution in [1.29, 1.82) is 0 Å². The molecule has 0 aromatic heterocycles. The Morgan fingerprint density at radius 3 is 1.95 bits per heavy atom. The average molecular weight is 262 g/mol. The molecule has 1 rings (SSSR count). The van der Waals surface area contributed by atoms with Crippen molar-refractivity contribution in [2.45, 2.75) is 46.1 Å². The molecule has 2 unspecified atom stereocenters. The Hall–Kier alpha value is -0.860. The first kappa shape index (κ1) is 16.2. The SMILES string of the molecule is CCC(C)c1ccc(C(N(C)C)C(C)(C)CN)cc1. The molecule has 0 heterocycles. The number of hydrogen-bond donors (Lipinski definition) is 1. The van der Waals surface area contributed by atoms with E-state index in [0.717, 1.165) is 0 Å². The van der Waals surface area contributed by atoms with E-state index in [1.54, 1.807) is 0 Å². The molecule has 2 N–H and O–H groups in total. The highest BCUT2D eigenvalue weighted by atomic mass is 15.1. The summed E-state index contributed by atoms with van der Waals surface area (Å²) in [7, 11) is 4.26. The number of rotatable bonds is 6. The zero-order valence-corrected chi connectivity index (χ0v) is 13.4. The third-order valence-electron chi connectivity index (χ3n) is 4.22. The summed E-state index contributed by atoms with van der Waals surface area (Å²) in [5, 5.41) is 0. The minimum Gasteiger partial charge on any atom is -0.330 e. The fourth-order valence-corrected chi connectivity index (χ4v) is 2.80. The van der Waals surface area contributed by atoms with E-state index in [1.807, 2.05) is 0 Å². The van der Waals surface area contributed by atoms with Gasteiger partial charge in [0.2, 0.25) is 0 Å². The largest absolute Gasteiger partial charge is 0.330 e. The van der Waals surface area contributed by atoms with Crippen molar-refractivity contribution >= 4 is 0 Å². The Morgan fingerprint density at radius 2 is 1.58 bits per heavy atom. The van der Waals surface area contributed by atoms with Crippen molar-refractivity contribution in [3.8, 4) is 0 Å². The number of nitrogens with zero attached hydrogens (tertiary/aromatic N) is 1. The molecule has 0 saturated heterocycles. The smallest absolute Gasteiger partial charge is 0.0405 e. The zero-order chi connectivity index (χ0) is 14.6. The summed E-state index contributed by atoms with van der Waals surface area (Å²) in [5.41, 5.74) is 8.81. The summed E-state index contributed by atoms with van der Waals surface area (Å²) in [5.74, 6) is 0.634. The molecule has 0 amide bonds. The lowest BCUT2D eigenvalue weighted by atomic mass is 9.79. The summed E-state index contributed by atoms with van der Waals surface area (Å²) in [6, 6.07) is 9.43.